The van der Waals surface area contributed by atoms with Gasteiger partial charge in [0.05, 0.1) is 0 Å². The summed E-state index contributed by atoms with van der Waals surface area (Å²) in [4.78, 5) is 13.1. The van der Waals surface area contributed by atoms with Crippen molar-refractivity contribution in [2.24, 2.45) is 0 Å². The van der Waals surface area contributed by atoms with Gasteiger partial charge >= 0.3 is 0 Å². The minimum Gasteiger partial charge on any atom is -0.342 e. The highest BCUT2D eigenvalue weighted by atomic mass is 32.1. The summed E-state index contributed by atoms with van der Waals surface area (Å²) in [6.07, 6.45) is 2.90. The summed E-state index contributed by atoms with van der Waals surface area (Å²) in [7, 11) is 0. The van der Waals surface area contributed by atoms with Crippen LogP contribution in [0.1, 0.15) is 26.2 Å². The fourth-order valence-corrected chi connectivity index (χ4v) is 1.67. The monoisotopic (exact) mass is 173 g/mol. The average Bonchev–Trinajstić information content (AvgIpc) is 2.26. The van der Waals surface area contributed by atoms with E-state index < -0.39 is 0 Å². The van der Waals surface area contributed by atoms with Crippen molar-refractivity contribution in [1.29, 1.82) is 0 Å². The number of thiol groups is 1. The topological polar surface area (TPSA) is 20.3 Å². The van der Waals surface area contributed by atoms with E-state index in [9.17, 15) is 4.79 Å². The molecule has 1 atom stereocenters. The largest absolute Gasteiger partial charge is 0.342 e. The van der Waals surface area contributed by atoms with Crippen LogP contribution in [0.25, 0.3) is 0 Å². The van der Waals surface area contributed by atoms with Crippen molar-refractivity contribution >= 4 is 18.5 Å². The summed E-state index contributed by atoms with van der Waals surface area (Å²) >= 11 is 4.27. The summed E-state index contributed by atoms with van der Waals surface area (Å²) in [6.45, 7) is 3.91. The van der Waals surface area contributed by atoms with Gasteiger partial charge in [0, 0.05) is 24.8 Å². The van der Waals surface area contributed by atoms with E-state index in [0.717, 1.165) is 25.9 Å². The molecule has 0 radical (unpaired) electrons. The van der Waals surface area contributed by atoms with Gasteiger partial charge in [0.1, 0.15) is 0 Å². The lowest BCUT2D eigenvalue weighted by Crippen LogP contribution is -2.26. The third-order valence-electron chi connectivity index (χ3n) is 1.98. The lowest BCUT2D eigenvalue weighted by atomic mass is 10.3. The Bertz CT molecular complexity index is 149. The van der Waals surface area contributed by atoms with Gasteiger partial charge in [-0.2, -0.15) is 12.6 Å². The number of hydrogen-bond donors (Lipinski definition) is 1. The molecule has 1 heterocycles. The van der Waals surface area contributed by atoms with Gasteiger partial charge in [0.2, 0.25) is 5.91 Å². The molecule has 0 saturated carbocycles. The van der Waals surface area contributed by atoms with Gasteiger partial charge < -0.3 is 4.90 Å². The van der Waals surface area contributed by atoms with Crippen molar-refractivity contribution in [2.45, 2.75) is 31.4 Å². The Morgan fingerprint density at radius 3 is 2.91 bits per heavy atom. The summed E-state index contributed by atoms with van der Waals surface area (Å²) in [5.41, 5.74) is 0. The third-order valence-corrected chi connectivity index (χ3v) is 2.32. The van der Waals surface area contributed by atoms with E-state index in [-0.39, 0.29) is 11.2 Å². The molecule has 64 valence electrons. The van der Waals surface area contributed by atoms with Gasteiger partial charge in [-0.15, -0.1) is 0 Å². The van der Waals surface area contributed by atoms with Crippen LogP contribution in [0.2, 0.25) is 0 Å². The van der Waals surface area contributed by atoms with Crippen LogP contribution in [0.4, 0.5) is 0 Å². The molecule has 1 rings (SSSR count). The number of carbonyl (C=O) groups excluding carboxylic acids is 1. The SMILES string of the molecule is CCCCN1CC(S)CC1=O. The van der Waals surface area contributed by atoms with E-state index in [4.69, 9.17) is 0 Å². The second kappa shape index (κ2) is 4.00. The van der Waals surface area contributed by atoms with E-state index in [1.807, 2.05) is 4.90 Å². The summed E-state index contributed by atoms with van der Waals surface area (Å²) < 4.78 is 0. The van der Waals surface area contributed by atoms with Crippen LogP contribution in [0.3, 0.4) is 0 Å². The Morgan fingerprint density at radius 1 is 1.73 bits per heavy atom. The highest BCUT2D eigenvalue weighted by molar-refractivity contribution is 7.81. The predicted octanol–water partition coefficient (Wildman–Crippen LogP) is 1.32. The number of amides is 1. The molecule has 1 unspecified atom stereocenters. The van der Waals surface area contributed by atoms with Gasteiger partial charge in [-0.25, -0.2) is 0 Å². The molecular formula is C8H15NOS. The molecule has 1 amide bonds. The number of likely N-dealkylation sites (tertiary alicyclic amines) is 1. The molecule has 11 heavy (non-hydrogen) atoms. The maximum Gasteiger partial charge on any atom is 0.223 e. The van der Waals surface area contributed by atoms with E-state index in [1.54, 1.807) is 0 Å². The van der Waals surface area contributed by atoms with E-state index in [1.165, 1.54) is 0 Å². The van der Waals surface area contributed by atoms with Crippen LogP contribution < -0.4 is 0 Å². The molecule has 1 saturated heterocycles. The van der Waals surface area contributed by atoms with Gasteiger partial charge in [-0.3, -0.25) is 4.79 Å². The summed E-state index contributed by atoms with van der Waals surface area (Å²) in [5.74, 6) is 0.276. The van der Waals surface area contributed by atoms with Crippen molar-refractivity contribution in [3.05, 3.63) is 0 Å². The second-order valence-corrected chi connectivity index (χ2v) is 3.78. The molecular weight excluding hydrogens is 158 g/mol. The number of nitrogens with zero attached hydrogens (tertiary/aromatic N) is 1. The minimum atomic E-state index is 0.276. The highest BCUT2D eigenvalue weighted by Crippen LogP contribution is 2.15. The highest BCUT2D eigenvalue weighted by Gasteiger charge is 2.25. The Balaban J connectivity index is 2.29. The smallest absolute Gasteiger partial charge is 0.223 e. The summed E-state index contributed by atoms with van der Waals surface area (Å²) in [6, 6.07) is 0. The van der Waals surface area contributed by atoms with Crippen molar-refractivity contribution in [3.8, 4) is 0 Å². The molecule has 0 N–H and O–H groups in total. The quantitative estimate of drug-likeness (QED) is 0.638. The van der Waals surface area contributed by atoms with Crippen LogP contribution in [0, 0.1) is 0 Å². The maximum atomic E-state index is 11.2. The van der Waals surface area contributed by atoms with E-state index >= 15 is 0 Å². The standard InChI is InChI=1S/C8H15NOS/c1-2-3-4-9-6-7(11)5-8(9)10/h7,11H,2-6H2,1H3. The third kappa shape index (κ3) is 2.40. The zero-order chi connectivity index (χ0) is 8.27. The van der Waals surface area contributed by atoms with Crippen molar-refractivity contribution in [1.82, 2.24) is 4.90 Å². The zero-order valence-corrected chi connectivity index (χ0v) is 7.81. The van der Waals surface area contributed by atoms with Crippen LogP contribution in [-0.4, -0.2) is 29.1 Å². The Labute approximate surface area is 73.4 Å². The maximum absolute atomic E-state index is 11.2. The second-order valence-electron chi connectivity index (χ2n) is 3.05. The van der Waals surface area contributed by atoms with Gasteiger partial charge in [0.15, 0.2) is 0 Å². The van der Waals surface area contributed by atoms with E-state index in [2.05, 4.69) is 19.6 Å². The first-order valence-corrected chi connectivity index (χ1v) is 4.71. The molecule has 3 heteroatoms. The van der Waals surface area contributed by atoms with Gasteiger partial charge in [-0.05, 0) is 6.42 Å². The Hall–Kier alpha value is -0.180. The normalized spacial score (nSPS) is 24.7. The fourth-order valence-electron chi connectivity index (χ4n) is 1.32. The Kier molecular flexibility index (Phi) is 3.24. The lowest BCUT2D eigenvalue weighted by molar-refractivity contribution is -0.127. The number of rotatable bonds is 3. The van der Waals surface area contributed by atoms with Crippen LogP contribution in [-0.2, 0) is 4.79 Å². The van der Waals surface area contributed by atoms with Crippen LogP contribution in [0.15, 0.2) is 0 Å². The minimum absolute atomic E-state index is 0.276. The first-order chi connectivity index (χ1) is 5.24. The molecule has 1 fully saturated rings. The molecule has 1 aliphatic heterocycles. The van der Waals surface area contributed by atoms with E-state index in [0.29, 0.717) is 6.42 Å². The molecule has 0 aromatic rings. The zero-order valence-electron chi connectivity index (χ0n) is 6.92. The van der Waals surface area contributed by atoms with Crippen LogP contribution in [0.5, 0.6) is 0 Å². The molecule has 0 bridgehead atoms. The Morgan fingerprint density at radius 2 is 2.45 bits per heavy atom. The van der Waals surface area contributed by atoms with Crippen molar-refractivity contribution < 1.29 is 4.79 Å². The molecule has 1 aliphatic rings. The summed E-state index contributed by atoms with van der Waals surface area (Å²) in [5, 5.41) is 0.277. The molecule has 0 aromatic heterocycles. The molecule has 0 aliphatic carbocycles. The number of unbranched alkanes of at least 4 members (excludes halogenated alkanes) is 1. The molecule has 0 aromatic carbocycles. The fraction of sp³-hybridized carbons (Fsp3) is 0.875. The molecule has 0 spiro atoms. The predicted molar refractivity (Wildman–Crippen MR) is 48.9 cm³/mol. The van der Waals surface area contributed by atoms with Crippen LogP contribution >= 0.6 is 12.6 Å². The van der Waals surface area contributed by atoms with Gasteiger partial charge in [-0.1, -0.05) is 13.3 Å². The lowest BCUT2D eigenvalue weighted by Gasteiger charge is -2.14. The first-order valence-electron chi connectivity index (χ1n) is 4.20. The average molecular weight is 173 g/mol. The van der Waals surface area contributed by atoms with Crippen molar-refractivity contribution in [3.63, 3.8) is 0 Å². The van der Waals surface area contributed by atoms with Crippen molar-refractivity contribution in [2.75, 3.05) is 13.1 Å². The molecule has 2 nitrogen and oxygen atoms in total. The van der Waals surface area contributed by atoms with Gasteiger partial charge in [0.25, 0.3) is 0 Å². The first kappa shape index (κ1) is 8.91. The number of hydrogen-bond acceptors (Lipinski definition) is 2. The number of carbonyl (C=O) groups is 1.